The molecule has 30 heavy (non-hydrogen) atoms. The van der Waals surface area contributed by atoms with Gasteiger partial charge in [-0.1, -0.05) is 12.1 Å². The number of para-hydroxylation sites is 1. The van der Waals surface area contributed by atoms with Gasteiger partial charge in [0.15, 0.2) is 5.75 Å². The molecule has 1 aromatic carbocycles. The second-order valence-electron chi connectivity index (χ2n) is 8.53. The van der Waals surface area contributed by atoms with Crippen LogP contribution < -0.4 is 9.64 Å². The summed E-state index contributed by atoms with van der Waals surface area (Å²) in [5.41, 5.74) is 1.08. The van der Waals surface area contributed by atoms with E-state index < -0.39 is 5.97 Å². The highest BCUT2D eigenvalue weighted by Crippen LogP contribution is 2.31. The van der Waals surface area contributed by atoms with E-state index in [-0.39, 0.29) is 11.2 Å². The molecule has 158 valence electrons. The Morgan fingerprint density at radius 2 is 1.87 bits per heavy atom. The van der Waals surface area contributed by atoms with E-state index in [2.05, 4.69) is 40.5 Å². The number of aromatic nitrogens is 3. The predicted molar refractivity (Wildman–Crippen MR) is 116 cm³/mol. The third-order valence-electron chi connectivity index (χ3n) is 5.58. The quantitative estimate of drug-likeness (QED) is 0.707. The molecule has 2 aromatic heterocycles. The van der Waals surface area contributed by atoms with Crippen molar-refractivity contribution in [3.63, 3.8) is 0 Å². The van der Waals surface area contributed by atoms with E-state index in [0.717, 1.165) is 31.6 Å². The van der Waals surface area contributed by atoms with Crippen molar-refractivity contribution >= 4 is 22.8 Å². The number of carbonyl (C=O) groups is 1. The minimum absolute atomic E-state index is 0.153. The fraction of sp³-hybridized carbons (Fsp3) is 0.409. The van der Waals surface area contributed by atoms with Crippen LogP contribution in [0.25, 0.3) is 10.9 Å². The molecule has 0 atom stereocenters. The van der Waals surface area contributed by atoms with Crippen molar-refractivity contribution in [1.29, 1.82) is 0 Å². The maximum atomic E-state index is 11.5. The van der Waals surface area contributed by atoms with E-state index in [4.69, 9.17) is 4.74 Å². The largest absolute Gasteiger partial charge is 0.477 e. The van der Waals surface area contributed by atoms with Crippen molar-refractivity contribution in [2.24, 2.45) is 7.05 Å². The van der Waals surface area contributed by atoms with Gasteiger partial charge in [-0.15, -0.1) is 0 Å². The Bertz CT molecular complexity index is 1080. The van der Waals surface area contributed by atoms with Gasteiger partial charge in [0, 0.05) is 56.4 Å². The van der Waals surface area contributed by atoms with Crippen LogP contribution in [0.3, 0.4) is 0 Å². The van der Waals surface area contributed by atoms with Crippen molar-refractivity contribution in [3.8, 4) is 11.6 Å². The topological polar surface area (TPSA) is 83.7 Å². The predicted octanol–water partition coefficient (Wildman–Crippen LogP) is 3.38. The Labute approximate surface area is 175 Å². The Hall–Kier alpha value is -3.13. The van der Waals surface area contributed by atoms with E-state index in [0.29, 0.717) is 23.1 Å². The number of hydrogen-bond acceptors (Lipinski definition) is 6. The SMILES string of the molecule is Cn1c(C(=O)O)cc2cccc(Oc3ccnc(N4CCN(C(C)(C)C)CC4)n3)c21. The second-order valence-corrected chi connectivity index (χ2v) is 8.53. The lowest BCUT2D eigenvalue weighted by atomic mass is 10.1. The van der Waals surface area contributed by atoms with Gasteiger partial charge in [-0.2, -0.15) is 4.98 Å². The summed E-state index contributed by atoms with van der Waals surface area (Å²) in [7, 11) is 1.72. The Kier molecular flexibility index (Phi) is 5.11. The number of carboxylic acids is 1. The minimum atomic E-state index is -0.974. The lowest BCUT2D eigenvalue weighted by molar-refractivity contribution is 0.0687. The van der Waals surface area contributed by atoms with Crippen LogP contribution in [0, 0.1) is 0 Å². The molecule has 3 heterocycles. The number of ether oxygens (including phenoxy) is 1. The number of benzene rings is 1. The number of nitrogens with zero attached hydrogens (tertiary/aromatic N) is 5. The fourth-order valence-electron chi connectivity index (χ4n) is 3.90. The number of aryl methyl sites for hydroxylation is 1. The lowest BCUT2D eigenvalue weighted by Crippen LogP contribution is -2.53. The molecular formula is C22H27N5O3. The average Bonchev–Trinajstić information content (AvgIpc) is 3.06. The zero-order valence-corrected chi connectivity index (χ0v) is 17.8. The first-order valence-corrected chi connectivity index (χ1v) is 10.1. The summed E-state index contributed by atoms with van der Waals surface area (Å²) in [6, 6.07) is 8.89. The number of carboxylic acid groups (broad SMARTS) is 1. The number of aromatic carboxylic acids is 1. The summed E-state index contributed by atoms with van der Waals surface area (Å²) in [5.74, 6) is 0.665. The van der Waals surface area contributed by atoms with Gasteiger partial charge in [-0.25, -0.2) is 9.78 Å². The molecule has 1 saturated heterocycles. The first kappa shape index (κ1) is 20.2. The number of hydrogen-bond donors (Lipinski definition) is 1. The highest BCUT2D eigenvalue weighted by molar-refractivity contribution is 5.96. The Morgan fingerprint density at radius 3 is 2.53 bits per heavy atom. The van der Waals surface area contributed by atoms with Crippen LogP contribution >= 0.6 is 0 Å². The van der Waals surface area contributed by atoms with Gasteiger partial charge < -0.3 is 19.3 Å². The number of rotatable bonds is 4. The van der Waals surface area contributed by atoms with Crippen molar-refractivity contribution in [2.75, 3.05) is 31.1 Å². The van der Waals surface area contributed by atoms with Crippen LogP contribution in [0.15, 0.2) is 36.5 Å². The molecule has 0 bridgehead atoms. The molecule has 0 spiro atoms. The summed E-state index contributed by atoms with van der Waals surface area (Å²) >= 11 is 0. The minimum Gasteiger partial charge on any atom is -0.477 e. The van der Waals surface area contributed by atoms with Crippen molar-refractivity contribution in [1.82, 2.24) is 19.4 Å². The first-order valence-electron chi connectivity index (χ1n) is 10.1. The number of fused-ring (bicyclic) bond motifs is 1. The smallest absolute Gasteiger partial charge is 0.352 e. The van der Waals surface area contributed by atoms with Crippen molar-refractivity contribution in [2.45, 2.75) is 26.3 Å². The monoisotopic (exact) mass is 409 g/mol. The summed E-state index contributed by atoms with van der Waals surface area (Å²) < 4.78 is 7.70. The van der Waals surface area contributed by atoms with Gasteiger partial charge >= 0.3 is 5.97 Å². The molecule has 1 aliphatic rings. The molecule has 0 radical (unpaired) electrons. The average molecular weight is 409 g/mol. The normalized spacial score (nSPS) is 15.5. The molecule has 3 aromatic rings. The van der Waals surface area contributed by atoms with Crippen molar-refractivity contribution in [3.05, 3.63) is 42.2 Å². The molecule has 8 heteroatoms. The van der Waals surface area contributed by atoms with Crippen LogP contribution in [0.4, 0.5) is 5.95 Å². The molecular weight excluding hydrogens is 382 g/mol. The van der Waals surface area contributed by atoms with Crippen LogP contribution in [-0.2, 0) is 7.05 Å². The maximum Gasteiger partial charge on any atom is 0.352 e. The zero-order valence-electron chi connectivity index (χ0n) is 17.8. The summed E-state index contributed by atoms with van der Waals surface area (Å²) in [5, 5.41) is 10.2. The summed E-state index contributed by atoms with van der Waals surface area (Å²) in [4.78, 5) is 25.1. The number of anilines is 1. The summed E-state index contributed by atoms with van der Waals surface area (Å²) in [6.45, 7) is 10.3. The number of piperazine rings is 1. The molecule has 0 unspecified atom stereocenters. The standard InChI is InChI=1S/C22H27N5O3/c1-22(2,3)27-12-10-26(11-13-27)21-23-9-8-18(24-21)30-17-7-5-6-15-14-16(20(28)29)25(4)19(15)17/h5-9,14H,10-13H2,1-4H3,(H,28,29). The molecule has 1 aliphatic heterocycles. The Morgan fingerprint density at radius 1 is 1.13 bits per heavy atom. The molecule has 0 amide bonds. The second kappa shape index (κ2) is 7.60. The van der Waals surface area contributed by atoms with Gasteiger partial charge in [0.05, 0.1) is 5.52 Å². The zero-order chi connectivity index (χ0) is 21.5. The highest BCUT2D eigenvalue weighted by atomic mass is 16.5. The van der Waals surface area contributed by atoms with Gasteiger partial charge in [-0.05, 0) is 32.9 Å². The van der Waals surface area contributed by atoms with Crippen molar-refractivity contribution < 1.29 is 14.6 Å². The molecule has 0 aliphatic carbocycles. The molecule has 4 rings (SSSR count). The maximum absolute atomic E-state index is 11.5. The fourth-order valence-corrected chi connectivity index (χ4v) is 3.90. The van der Waals surface area contributed by atoms with Crippen LogP contribution in [0.2, 0.25) is 0 Å². The molecule has 1 N–H and O–H groups in total. The first-order chi connectivity index (χ1) is 14.2. The Balaban J connectivity index is 1.57. The van der Waals surface area contributed by atoms with E-state index in [1.807, 2.05) is 18.2 Å². The third kappa shape index (κ3) is 3.82. The molecule has 1 fully saturated rings. The van der Waals surface area contributed by atoms with E-state index in [9.17, 15) is 9.90 Å². The summed E-state index contributed by atoms with van der Waals surface area (Å²) in [6.07, 6.45) is 1.70. The van der Waals surface area contributed by atoms with E-state index in [1.54, 1.807) is 29.9 Å². The van der Waals surface area contributed by atoms with Crippen LogP contribution in [-0.4, -0.2) is 62.2 Å². The highest BCUT2D eigenvalue weighted by Gasteiger charge is 2.27. The van der Waals surface area contributed by atoms with E-state index in [1.165, 1.54) is 0 Å². The molecule has 8 nitrogen and oxygen atoms in total. The molecule has 0 saturated carbocycles. The van der Waals surface area contributed by atoms with Crippen LogP contribution in [0.5, 0.6) is 11.6 Å². The third-order valence-corrected chi connectivity index (χ3v) is 5.58. The lowest BCUT2D eigenvalue weighted by Gasteiger charge is -2.42. The van der Waals surface area contributed by atoms with Gasteiger partial charge in [-0.3, -0.25) is 4.90 Å². The van der Waals surface area contributed by atoms with Gasteiger partial charge in [0.25, 0.3) is 0 Å². The van der Waals surface area contributed by atoms with E-state index >= 15 is 0 Å². The van der Waals surface area contributed by atoms with Crippen LogP contribution in [0.1, 0.15) is 31.3 Å². The van der Waals surface area contributed by atoms with Gasteiger partial charge in [0.1, 0.15) is 5.69 Å². The van der Waals surface area contributed by atoms with Gasteiger partial charge in [0.2, 0.25) is 11.8 Å².